The standard InChI is InChI=1S/C18H23N3O2/c1-12(2)19-17(22)18-20-15-11-21(10-9-16(15)23-18)13(3)14-7-5-4-6-8-14/h4-8,12-13H,9-11H2,1-3H3,(H,19,22). The van der Waals surface area contributed by atoms with Gasteiger partial charge >= 0.3 is 5.91 Å². The van der Waals surface area contributed by atoms with Gasteiger partial charge in [0.1, 0.15) is 5.76 Å². The lowest BCUT2D eigenvalue weighted by Gasteiger charge is -2.31. The number of oxazole rings is 1. The molecule has 23 heavy (non-hydrogen) atoms. The van der Waals surface area contributed by atoms with Gasteiger partial charge in [-0.15, -0.1) is 0 Å². The number of rotatable bonds is 4. The second kappa shape index (κ2) is 6.54. The summed E-state index contributed by atoms with van der Waals surface area (Å²) in [7, 11) is 0. The molecule has 0 bridgehead atoms. The van der Waals surface area contributed by atoms with Gasteiger partial charge in [-0.1, -0.05) is 30.3 Å². The number of aromatic nitrogens is 1. The summed E-state index contributed by atoms with van der Waals surface area (Å²) in [5, 5.41) is 2.82. The van der Waals surface area contributed by atoms with Gasteiger partial charge in [-0.2, -0.15) is 0 Å². The third-order valence-electron chi connectivity index (χ3n) is 4.20. The van der Waals surface area contributed by atoms with Gasteiger partial charge in [0.05, 0.1) is 5.69 Å². The molecule has 1 aliphatic heterocycles. The lowest BCUT2D eigenvalue weighted by atomic mass is 10.0. The maximum absolute atomic E-state index is 12.0. The van der Waals surface area contributed by atoms with Crippen molar-refractivity contribution in [1.82, 2.24) is 15.2 Å². The van der Waals surface area contributed by atoms with Gasteiger partial charge in [0, 0.05) is 31.6 Å². The Hall–Kier alpha value is -2.14. The van der Waals surface area contributed by atoms with E-state index >= 15 is 0 Å². The molecule has 0 spiro atoms. The number of hydrogen-bond acceptors (Lipinski definition) is 4. The minimum atomic E-state index is -0.239. The minimum absolute atomic E-state index is 0.0704. The molecule has 0 radical (unpaired) electrons. The first kappa shape index (κ1) is 15.7. The molecule has 5 heteroatoms. The first-order chi connectivity index (χ1) is 11.0. The molecule has 5 nitrogen and oxygen atoms in total. The van der Waals surface area contributed by atoms with Crippen molar-refractivity contribution in [2.24, 2.45) is 0 Å². The predicted molar refractivity (Wildman–Crippen MR) is 88.1 cm³/mol. The Kier molecular flexibility index (Phi) is 4.48. The van der Waals surface area contributed by atoms with E-state index in [1.54, 1.807) is 0 Å². The lowest BCUT2D eigenvalue weighted by molar-refractivity contribution is 0.0906. The Morgan fingerprint density at radius 3 is 2.70 bits per heavy atom. The van der Waals surface area contributed by atoms with E-state index in [-0.39, 0.29) is 17.8 Å². The number of benzene rings is 1. The summed E-state index contributed by atoms with van der Waals surface area (Å²) in [6.07, 6.45) is 0.786. The fourth-order valence-corrected chi connectivity index (χ4v) is 2.91. The smallest absolute Gasteiger partial charge is 0.307 e. The molecule has 0 fully saturated rings. The zero-order valence-electron chi connectivity index (χ0n) is 13.9. The van der Waals surface area contributed by atoms with Crippen molar-refractivity contribution < 1.29 is 9.21 Å². The van der Waals surface area contributed by atoms with Crippen LogP contribution in [0.25, 0.3) is 0 Å². The lowest BCUT2D eigenvalue weighted by Crippen LogP contribution is -2.32. The highest BCUT2D eigenvalue weighted by Crippen LogP contribution is 2.27. The van der Waals surface area contributed by atoms with E-state index in [0.717, 1.165) is 24.4 Å². The fraction of sp³-hybridized carbons (Fsp3) is 0.444. The summed E-state index contributed by atoms with van der Waals surface area (Å²) < 4.78 is 5.65. The molecule has 1 aromatic heterocycles. The second-order valence-electron chi connectivity index (χ2n) is 6.32. The van der Waals surface area contributed by atoms with Crippen molar-refractivity contribution >= 4 is 5.91 Å². The molecule has 122 valence electrons. The van der Waals surface area contributed by atoms with Gasteiger partial charge in [0.15, 0.2) is 0 Å². The second-order valence-corrected chi connectivity index (χ2v) is 6.32. The Morgan fingerprint density at radius 1 is 1.26 bits per heavy atom. The number of hydrogen-bond donors (Lipinski definition) is 1. The maximum Gasteiger partial charge on any atom is 0.307 e. The average molecular weight is 313 g/mol. The van der Waals surface area contributed by atoms with Crippen molar-refractivity contribution in [3.8, 4) is 0 Å². The van der Waals surface area contributed by atoms with E-state index in [2.05, 4.69) is 46.4 Å². The van der Waals surface area contributed by atoms with E-state index in [1.165, 1.54) is 5.56 Å². The van der Waals surface area contributed by atoms with Crippen LogP contribution in [0.3, 0.4) is 0 Å². The summed E-state index contributed by atoms with van der Waals surface area (Å²) >= 11 is 0. The van der Waals surface area contributed by atoms with Crippen LogP contribution in [0, 0.1) is 0 Å². The molecule has 1 N–H and O–H groups in total. The zero-order valence-corrected chi connectivity index (χ0v) is 13.9. The highest BCUT2D eigenvalue weighted by atomic mass is 16.4. The molecule has 1 aliphatic rings. The highest BCUT2D eigenvalue weighted by Gasteiger charge is 2.27. The molecule has 1 unspecified atom stereocenters. The van der Waals surface area contributed by atoms with Gasteiger partial charge in [-0.05, 0) is 26.3 Å². The van der Waals surface area contributed by atoms with E-state index in [1.807, 2.05) is 19.9 Å². The van der Waals surface area contributed by atoms with Crippen LogP contribution >= 0.6 is 0 Å². The predicted octanol–water partition coefficient (Wildman–Crippen LogP) is 2.93. The molecule has 2 heterocycles. The topological polar surface area (TPSA) is 58.4 Å². The van der Waals surface area contributed by atoms with E-state index in [0.29, 0.717) is 12.6 Å². The zero-order chi connectivity index (χ0) is 16.4. The first-order valence-electron chi connectivity index (χ1n) is 8.13. The van der Waals surface area contributed by atoms with Crippen LogP contribution in [0.1, 0.15) is 54.5 Å². The molecular weight excluding hydrogens is 290 g/mol. The molecular formula is C18H23N3O2. The first-order valence-corrected chi connectivity index (χ1v) is 8.13. The van der Waals surface area contributed by atoms with Crippen LogP contribution in [0.4, 0.5) is 0 Å². The quantitative estimate of drug-likeness (QED) is 0.943. The van der Waals surface area contributed by atoms with Gasteiger partial charge in [0.25, 0.3) is 5.89 Å². The normalized spacial score (nSPS) is 16.2. The number of amides is 1. The Labute approximate surface area is 136 Å². The maximum atomic E-state index is 12.0. The van der Waals surface area contributed by atoms with Crippen LogP contribution < -0.4 is 5.32 Å². The number of carbonyl (C=O) groups is 1. The Morgan fingerprint density at radius 2 is 2.00 bits per heavy atom. The van der Waals surface area contributed by atoms with Crippen LogP contribution in [-0.4, -0.2) is 28.4 Å². The monoisotopic (exact) mass is 313 g/mol. The molecule has 1 aromatic carbocycles. The van der Waals surface area contributed by atoms with E-state index < -0.39 is 0 Å². The molecule has 3 rings (SSSR count). The average Bonchev–Trinajstić information content (AvgIpc) is 2.97. The Bertz CT molecular complexity index is 679. The van der Waals surface area contributed by atoms with Crippen LogP contribution in [-0.2, 0) is 13.0 Å². The van der Waals surface area contributed by atoms with Gasteiger partial charge < -0.3 is 9.73 Å². The summed E-state index contributed by atoms with van der Waals surface area (Å²) in [4.78, 5) is 18.8. The summed E-state index contributed by atoms with van der Waals surface area (Å²) in [6, 6.07) is 10.8. The summed E-state index contributed by atoms with van der Waals surface area (Å²) in [5.74, 6) is 0.783. The van der Waals surface area contributed by atoms with E-state index in [9.17, 15) is 4.79 Å². The van der Waals surface area contributed by atoms with Crippen molar-refractivity contribution in [1.29, 1.82) is 0 Å². The Balaban J connectivity index is 1.73. The van der Waals surface area contributed by atoms with Gasteiger partial charge in [-0.25, -0.2) is 4.98 Å². The van der Waals surface area contributed by atoms with Crippen molar-refractivity contribution in [2.45, 2.75) is 45.8 Å². The molecule has 0 aliphatic carbocycles. The highest BCUT2D eigenvalue weighted by molar-refractivity contribution is 5.89. The van der Waals surface area contributed by atoms with Crippen LogP contribution in [0.15, 0.2) is 34.7 Å². The number of carbonyl (C=O) groups excluding carboxylic acids is 1. The van der Waals surface area contributed by atoms with Crippen molar-refractivity contribution in [2.75, 3.05) is 6.54 Å². The van der Waals surface area contributed by atoms with Crippen molar-refractivity contribution in [3.63, 3.8) is 0 Å². The SMILES string of the molecule is CC(C)NC(=O)c1nc2c(o1)CCN(C(C)c1ccccc1)C2. The fourth-order valence-electron chi connectivity index (χ4n) is 2.91. The van der Waals surface area contributed by atoms with Crippen LogP contribution in [0.5, 0.6) is 0 Å². The number of nitrogens with zero attached hydrogens (tertiary/aromatic N) is 2. The third-order valence-corrected chi connectivity index (χ3v) is 4.20. The number of fused-ring (bicyclic) bond motifs is 1. The molecule has 2 aromatic rings. The summed E-state index contributed by atoms with van der Waals surface area (Å²) in [5.41, 5.74) is 2.17. The summed E-state index contributed by atoms with van der Waals surface area (Å²) in [6.45, 7) is 7.66. The van der Waals surface area contributed by atoms with Crippen LogP contribution in [0.2, 0.25) is 0 Å². The van der Waals surface area contributed by atoms with Crippen molar-refractivity contribution in [3.05, 3.63) is 53.2 Å². The largest absolute Gasteiger partial charge is 0.437 e. The van der Waals surface area contributed by atoms with E-state index in [4.69, 9.17) is 4.42 Å². The number of nitrogens with one attached hydrogen (secondary N) is 1. The molecule has 1 atom stereocenters. The molecule has 0 saturated heterocycles. The minimum Gasteiger partial charge on any atom is -0.437 e. The van der Waals surface area contributed by atoms with Gasteiger partial charge in [0.2, 0.25) is 0 Å². The molecule has 1 amide bonds. The van der Waals surface area contributed by atoms with Gasteiger partial charge in [-0.3, -0.25) is 9.69 Å². The third kappa shape index (κ3) is 3.45. The molecule has 0 saturated carbocycles.